The van der Waals surface area contributed by atoms with Crippen molar-refractivity contribution < 1.29 is 26.3 Å². The second-order valence-corrected chi connectivity index (χ2v) is 9.59. The van der Waals surface area contributed by atoms with Gasteiger partial charge in [0.25, 0.3) is 0 Å². The molecule has 154 valence electrons. The number of hydrogen-bond acceptors (Lipinski definition) is 7. The van der Waals surface area contributed by atoms with Crippen LogP contribution in [0, 0.1) is 0 Å². The summed E-state index contributed by atoms with van der Waals surface area (Å²) in [5, 5.41) is 0. The van der Waals surface area contributed by atoms with Gasteiger partial charge in [0.1, 0.15) is 4.90 Å². The molecule has 0 aliphatic carbocycles. The Kier molecular flexibility index (Phi) is 7.86. The molecule has 27 heavy (non-hydrogen) atoms. The largest absolute Gasteiger partial charge is 0.382 e. The van der Waals surface area contributed by atoms with Crippen LogP contribution >= 0.6 is 0 Å². The number of benzene rings is 1. The van der Waals surface area contributed by atoms with Crippen LogP contribution in [0.25, 0.3) is 0 Å². The fourth-order valence-corrected chi connectivity index (χ4v) is 4.55. The number of morpholine rings is 1. The Bertz CT molecular complexity index is 821. The van der Waals surface area contributed by atoms with E-state index in [1.54, 1.807) is 12.1 Å². The second kappa shape index (κ2) is 9.69. The van der Waals surface area contributed by atoms with Crippen molar-refractivity contribution in [2.24, 2.45) is 0 Å². The minimum absolute atomic E-state index is 0.0365. The molecule has 0 bridgehead atoms. The number of nitrogens with zero attached hydrogens (tertiary/aromatic N) is 1. The summed E-state index contributed by atoms with van der Waals surface area (Å²) in [4.78, 5) is 1.96. The number of nitrogens with one attached hydrogen (secondary N) is 2. The molecule has 2 N–H and O–H groups in total. The summed E-state index contributed by atoms with van der Waals surface area (Å²) >= 11 is 0. The minimum atomic E-state index is -3.83. The maximum Gasteiger partial charge on any atom is 0.242 e. The molecule has 1 aromatic rings. The normalized spacial score (nSPS) is 15.7. The summed E-state index contributed by atoms with van der Waals surface area (Å²) in [6.07, 6.45) is 1.56. The number of sulfonamides is 2. The highest BCUT2D eigenvalue weighted by Crippen LogP contribution is 2.29. The summed E-state index contributed by atoms with van der Waals surface area (Å²) in [6, 6.07) is 4.52. The summed E-state index contributed by atoms with van der Waals surface area (Å²) in [7, 11) is -7.35. The highest BCUT2D eigenvalue weighted by Gasteiger charge is 2.24. The third kappa shape index (κ3) is 6.92. The van der Waals surface area contributed by atoms with Crippen molar-refractivity contribution in [1.29, 1.82) is 0 Å². The molecule has 0 unspecified atom stereocenters. The van der Waals surface area contributed by atoms with Gasteiger partial charge >= 0.3 is 0 Å². The summed E-state index contributed by atoms with van der Waals surface area (Å²) in [5.41, 5.74) is 0.721. The van der Waals surface area contributed by atoms with Gasteiger partial charge in [0.05, 0.1) is 25.2 Å². The molecule has 0 atom stereocenters. The van der Waals surface area contributed by atoms with Crippen molar-refractivity contribution >= 4 is 31.4 Å². The fourth-order valence-electron chi connectivity index (χ4n) is 2.68. The van der Waals surface area contributed by atoms with Crippen molar-refractivity contribution in [2.75, 3.05) is 61.9 Å². The summed E-state index contributed by atoms with van der Waals surface area (Å²) in [5.74, 6) is 0. The Morgan fingerprint density at radius 3 is 2.52 bits per heavy atom. The first-order chi connectivity index (χ1) is 12.7. The molecule has 1 saturated heterocycles. The van der Waals surface area contributed by atoms with E-state index in [9.17, 15) is 16.8 Å². The highest BCUT2D eigenvalue weighted by atomic mass is 32.2. The van der Waals surface area contributed by atoms with E-state index >= 15 is 0 Å². The Hall–Kier alpha value is -1.40. The molecule has 1 aliphatic rings. The van der Waals surface area contributed by atoms with Gasteiger partial charge in [0.2, 0.25) is 20.0 Å². The molecule has 2 rings (SSSR count). The summed E-state index contributed by atoms with van der Waals surface area (Å²) < 4.78 is 64.2. The first-order valence-corrected chi connectivity index (χ1v) is 12.1. The van der Waals surface area contributed by atoms with Crippen LogP contribution in [0.5, 0.6) is 0 Å². The third-order valence-electron chi connectivity index (χ3n) is 3.87. The van der Waals surface area contributed by atoms with E-state index in [-0.39, 0.29) is 17.1 Å². The molecule has 0 radical (unpaired) electrons. The zero-order valence-corrected chi connectivity index (χ0v) is 17.2. The van der Waals surface area contributed by atoms with Crippen molar-refractivity contribution in [2.45, 2.75) is 18.2 Å². The quantitative estimate of drug-likeness (QED) is 0.532. The second-order valence-electron chi connectivity index (χ2n) is 6.10. The lowest BCUT2D eigenvalue weighted by atomic mass is 10.2. The van der Waals surface area contributed by atoms with E-state index < -0.39 is 20.0 Å². The predicted octanol–water partition coefficient (Wildman–Crippen LogP) is 0.600. The molecule has 0 saturated carbocycles. The van der Waals surface area contributed by atoms with Crippen LogP contribution in [0.2, 0.25) is 0 Å². The van der Waals surface area contributed by atoms with Crippen molar-refractivity contribution in [3.63, 3.8) is 0 Å². The lowest BCUT2D eigenvalue weighted by Gasteiger charge is -2.30. The van der Waals surface area contributed by atoms with Crippen LogP contribution in [0.15, 0.2) is 23.1 Å². The van der Waals surface area contributed by atoms with E-state index in [4.69, 9.17) is 9.47 Å². The Morgan fingerprint density at radius 2 is 1.89 bits per heavy atom. The first kappa shape index (κ1) is 21.9. The number of hydrogen-bond donors (Lipinski definition) is 2. The van der Waals surface area contributed by atoms with Crippen LogP contribution in [-0.4, -0.2) is 69.2 Å². The van der Waals surface area contributed by atoms with Gasteiger partial charge < -0.3 is 14.4 Å². The van der Waals surface area contributed by atoms with Gasteiger partial charge in [-0.15, -0.1) is 0 Å². The average molecular weight is 422 g/mol. The van der Waals surface area contributed by atoms with Crippen LogP contribution in [0.4, 0.5) is 11.4 Å². The Balaban J connectivity index is 2.28. The Morgan fingerprint density at radius 1 is 1.19 bits per heavy atom. The molecule has 1 fully saturated rings. The van der Waals surface area contributed by atoms with E-state index in [2.05, 4.69) is 9.44 Å². The number of anilines is 2. The summed E-state index contributed by atoms with van der Waals surface area (Å²) in [6.45, 7) is 5.28. The van der Waals surface area contributed by atoms with Crippen LogP contribution in [0.1, 0.15) is 13.3 Å². The topological polar surface area (TPSA) is 114 Å². The van der Waals surface area contributed by atoms with Gasteiger partial charge in [-0.1, -0.05) is 0 Å². The van der Waals surface area contributed by atoms with E-state index in [1.807, 2.05) is 11.8 Å². The van der Waals surface area contributed by atoms with Crippen LogP contribution in [0.3, 0.4) is 0 Å². The number of rotatable bonds is 10. The van der Waals surface area contributed by atoms with Gasteiger partial charge in [0, 0.05) is 38.5 Å². The monoisotopic (exact) mass is 421 g/mol. The molecule has 0 spiro atoms. The molecule has 1 aromatic carbocycles. The van der Waals surface area contributed by atoms with Gasteiger partial charge in [-0.2, -0.15) is 0 Å². The molecule has 11 heteroatoms. The zero-order chi connectivity index (χ0) is 19.9. The molecule has 9 nitrogen and oxygen atoms in total. The third-order valence-corrected chi connectivity index (χ3v) is 5.96. The minimum Gasteiger partial charge on any atom is -0.382 e. The van der Waals surface area contributed by atoms with Gasteiger partial charge in [-0.05, 0) is 31.5 Å². The number of ether oxygens (including phenoxy) is 2. The molecular weight excluding hydrogens is 394 g/mol. The first-order valence-electron chi connectivity index (χ1n) is 8.75. The van der Waals surface area contributed by atoms with Crippen molar-refractivity contribution in [3.8, 4) is 0 Å². The van der Waals surface area contributed by atoms with E-state index in [0.717, 1.165) is 6.26 Å². The van der Waals surface area contributed by atoms with Crippen molar-refractivity contribution in [1.82, 2.24) is 4.72 Å². The lowest BCUT2D eigenvalue weighted by molar-refractivity contribution is 0.122. The predicted molar refractivity (Wildman–Crippen MR) is 104 cm³/mol. The van der Waals surface area contributed by atoms with E-state index in [1.165, 1.54) is 6.07 Å². The van der Waals surface area contributed by atoms with Gasteiger partial charge in [0.15, 0.2) is 0 Å². The van der Waals surface area contributed by atoms with Crippen LogP contribution in [-0.2, 0) is 29.5 Å². The Labute approximate surface area is 161 Å². The highest BCUT2D eigenvalue weighted by molar-refractivity contribution is 7.92. The molecule has 1 heterocycles. The van der Waals surface area contributed by atoms with Gasteiger partial charge in [-0.3, -0.25) is 4.72 Å². The maximum atomic E-state index is 12.9. The smallest absolute Gasteiger partial charge is 0.242 e. The molecule has 0 aromatic heterocycles. The SMILES string of the molecule is CCOCCCNS(=O)(=O)c1cc(NS(C)(=O)=O)ccc1N1CCOCC1. The van der Waals surface area contributed by atoms with Gasteiger partial charge in [-0.25, -0.2) is 21.6 Å². The van der Waals surface area contributed by atoms with E-state index in [0.29, 0.717) is 51.6 Å². The average Bonchev–Trinajstić information content (AvgIpc) is 2.61. The fraction of sp³-hybridized carbons (Fsp3) is 0.625. The van der Waals surface area contributed by atoms with Crippen LogP contribution < -0.4 is 14.3 Å². The molecular formula is C16H27N3O6S2. The maximum absolute atomic E-state index is 12.9. The molecule has 1 aliphatic heterocycles. The molecule has 0 amide bonds. The lowest BCUT2D eigenvalue weighted by Crippen LogP contribution is -2.38. The standard InChI is InChI=1S/C16H27N3O6S2/c1-3-24-10-4-7-17-27(22,23)16-13-14(18-26(2,20)21)5-6-15(16)19-8-11-25-12-9-19/h5-6,13,17-18H,3-4,7-12H2,1-2H3. The van der Waals surface area contributed by atoms with Crippen molar-refractivity contribution in [3.05, 3.63) is 18.2 Å². The zero-order valence-electron chi connectivity index (χ0n) is 15.6.